The first-order valence-corrected chi connectivity index (χ1v) is 5.44. The van der Waals surface area contributed by atoms with E-state index in [1.807, 2.05) is 42.1 Å². The molecule has 2 aromatic rings. The Kier molecular flexibility index (Phi) is 3.27. The van der Waals surface area contributed by atoms with Gasteiger partial charge in [0.05, 0.1) is 12.5 Å². The van der Waals surface area contributed by atoms with Gasteiger partial charge in [-0.05, 0) is 11.6 Å². The molecule has 0 saturated heterocycles. The molecular formula is C12H13ClN2O. The molecule has 0 bridgehead atoms. The van der Waals surface area contributed by atoms with Gasteiger partial charge in [-0.1, -0.05) is 29.8 Å². The lowest BCUT2D eigenvalue weighted by atomic mass is 9.99. The Hall–Kier alpha value is -1.32. The number of aliphatic hydroxyl groups excluding tert-OH is 1. The fraction of sp³-hybridized carbons (Fsp3) is 0.250. The Bertz CT molecular complexity index is 481. The van der Waals surface area contributed by atoms with E-state index in [1.165, 1.54) is 0 Å². The molecule has 1 unspecified atom stereocenters. The van der Waals surface area contributed by atoms with E-state index in [9.17, 15) is 5.11 Å². The van der Waals surface area contributed by atoms with E-state index in [1.54, 1.807) is 6.20 Å². The summed E-state index contributed by atoms with van der Waals surface area (Å²) in [7, 11) is 1.90. The molecule has 0 fully saturated rings. The van der Waals surface area contributed by atoms with Crippen molar-refractivity contribution in [1.29, 1.82) is 0 Å². The summed E-state index contributed by atoms with van der Waals surface area (Å²) in [6.45, 7) is -0.00537. The maximum Gasteiger partial charge on any atom is 0.118 e. The van der Waals surface area contributed by atoms with Gasteiger partial charge in [-0.2, -0.15) is 0 Å². The van der Waals surface area contributed by atoms with Crippen LogP contribution < -0.4 is 0 Å². The van der Waals surface area contributed by atoms with E-state index in [0.717, 1.165) is 11.4 Å². The van der Waals surface area contributed by atoms with Crippen LogP contribution in [0.4, 0.5) is 0 Å². The first kappa shape index (κ1) is 11.2. The van der Waals surface area contributed by atoms with Gasteiger partial charge in [-0.25, -0.2) is 4.98 Å². The van der Waals surface area contributed by atoms with Gasteiger partial charge in [0.1, 0.15) is 5.82 Å². The largest absolute Gasteiger partial charge is 0.395 e. The SMILES string of the molecule is Cn1ccnc1C(CO)c1ccccc1Cl. The third kappa shape index (κ3) is 1.96. The molecule has 16 heavy (non-hydrogen) atoms. The zero-order chi connectivity index (χ0) is 11.5. The van der Waals surface area contributed by atoms with Crippen LogP contribution in [0.25, 0.3) is 0 Å². The van der Waals surface area contributed by atoms with E-state index in [-0.39, 0.29) is 12.5 Å². The summed E-state index contributed by atoms with van der Waals surface area (Å²) in [4.78, 5) is 4.25. The summed E-state index contributed by atoms with van der Waals surface area (Å²) in [6.07, 6.45) is 3.57. The maximum absolute atomic E-state index is 9.49. The van der Waals surface area contributed by atoms with E-state index in [2.05, 4.69) is 4.98 Å². The van der Waals surface area contributed by atoms with Crippen LogP contribution in [0, 0.1) is 0 Å². The number of aromatic nitrogens is 2. The minimum absolute atomic E-state index is 0.00537. The molecule has 84 valence electrons. The number of hydrogen-bond donors (Lipinski definition) is 1. The molecule has 1 aromatic carbocycles. The maximum atomic E-state index is 9.49. The molecular weight excluding hydrogens is 224 g/mol. The van der Waals surface area contributed by atoms with Crippen molar-refractivity contribution in [3.63, 3.8) is 0 Å². The number of aryl methyl sites for hydroxylation is 1. The molecule has 4 heteroatoms. The van der Waals surface area contributed by atoms with E-state index < -0.39 is 0 Å². The molecule has 0 aliphatic carbocycles. The van der Waals surface area contributed by atoms with Crippen molar-refractivity contribution in [2.24, 2.45) is 7.05 Å². The van der Waals surface area contributed by atoms with E-state index in [4.69, 9.17) is 11.6 Å². The van der Waals surface area contributed by atoms with Crippen molar-refractivity contribution >= 4 is 11.6 Å². The zero-order valence-electron chi connectivity index (χ0n) is 8.97. The highest BCUT2D eigenvalue weighted by atomic mass is 35.5. The Labute approximate surface area is 99.3 Å². The van der Waals surface area contributed by atoms with Gasteiger partial charge in [0.2, 0.25) is 0 Å². The molecule has 0 amide bonds. The standard InChI is InChI=1S/C12H13ClN2O/c1-15-7-6-14-12(15)10(8-16)9-4-2-3-5-11(9)13/h2-7,10,16H,8H2,1H3. The number of halogens is 1. The molecule has 1 aromatic heterocycles. The Morgan fingerprint density at radius 2 is 2.19 bits per heavy atom. The Morgan fingerprint density at radius 1 is 1.44 bits per heavy atom. The second-order valence-corrected chi connectivity index (χ2v) is 4.06. The summed E-state index contributed by atoms with van der Waals surface area (Å²) < 4.78 is 1.89. The molecule has 0 aliphatic rings. The van der Waals surface area contributed by atoms with Crippen molar-refractivity contribution in [3.05, 3.63) is 53.1 Å². The van der Waals surface area contributed by atoms with Gasteiger partial charge in [0.15, 0.2) is 0 Å². The molecule has 0 spiro atoms. The van der Waals surface area contributed by atoms with Gasteiger partial charge >= 0.3 is 0 Å². The van der Waals surface area contributed by atoms with E-state index >= 15 is 0 Å². The quantitative estimate of drug-likeness (QED) is 0.887. The first-order chi connectivity index (χ1) is 7.74. The second kappa shape index (κ2) is 4.68. The normalized spacial score (nSPS) is 12.7. The Balaban J connectivity index is 2.45. The third-order valence-electron chi connectivity index (χ3n) is 2.63. The molecule has 1 atom stereocenters. The van der Waals surface area contributed by atoms with Crippen LogP contribution in [0.3, 0.4) is 0 Å². The van der Waals surface area contributed by atoms with Crippen LogP contribution >= 0.6 is 11.6 Å². The number of benzene rings is 1. The predicted octanol–water partition coefficient (Wildman–Crippen LogP) is 2.20. The van der Waals surface area contributed by atoms with Crippen molar-refractivity contribution < 1.29 is 5.11 Å². The van der Waals surface area contributed by atoms with Gasteiger partial charge in [-0.15, -0.1) is 0 Å². The molecule has 2 rings (SSSR count). The van der Waals surface area contributed by atoms with Crippen molar-refractivity contribution in [1.82, 2.24) is 9.55 Å². The van der Waals surface area contributed by atoms with Crippen LogP contribution in [0.15, 0.2) is 36.7 Å². The number of nitrogens with zero attached hydrogens (tertiary/aromatic N) is 2. The smallest absolute Gasteiger partial charge is 0.118 e. The summed E-state index contributed by atoms with van der Waals surface area (Å²) in [5, 5.41) is 10.1. The fourth-order valence-electron chi connectivity index (χ4n) is 1.79. The molecule has 1 heterocycles. The van der Waals surface area contributed by atoms with Gasteiger partial charge < -0.3 is 9.67 Å². The molecule has 1 N–H and O–H groups in total. The fourth-order valence-corrected chi connectivity index (χ4v) is 2.06. The highest BCUT2D eigenvalue weighted by Crippen LogP contribution is 2.28. The van der Waals surface area contributed by atoms with Crippen LogP contribution in [-0.4, -0.2) is 21.3 Å². The summed E-state index contributed by atoms with van der Waals surface area (Å²) in [5.41, 5.74) is 0.904. The lowest BCUT2D eigenvalue weighted by Gasteiger charge is -2.15. The van der Waals surface area contributed by atoms with Crippen LogP contribution in [0.1, 0.15) is 17.3 Å². The number of imidazole rings is 1. The van der Waals surface area contributed by atoms with Crippen molar-refractivity contribution in [2.75, 3.05) is 6.61 Å². The minimum atomic E-state index is -0.173. The van der Waals surface area contributed by atoms with Crippen molar-refractivity contribution in [2.45, 2.75) is 5.92 Å². The third-order valence-corrected chi connectivity index (χ3v) is 2.98. The number of hydrogen-bond acceptors (Lipinski definition) is 2. The van der Waals surface area contributed by atoms with Gasteiger partial charge in [0.25, 0.3) is 0 Å². The van der Waals surface area contributed by atoms with E-state index in [0.29, 0.717) is 5.02 Å². The van der Waals surface area contributed by atoms with Crippen molar-refractivity contribution in [3.8, 4) is 0 Å². The topological polar surface area (TPSA) is 38.0 Å². The molecule has 0 aliphatic heterocycles. The van der Waals surface area contributed by atoms with Crippen LogP contribution in [0.2, 0.25) is 5.02 Å². The second-order valence-electron chi connectivity index (χ2n) is 3.65. The number of rotatable bonds is 3. The lowest BCUT2D eigenvalue weighted by molar-refractivity contribution is 0.275. The number of aliphatic hydroxyl groups is 1. The van der Waals surface area contributed by atoms with Gasteiger partial charge in [0, 0.05) is 24.5 Å². The first-order valence-electron chi connectivity index (χ1n) is 5.06. The Morgan fingerprint density at radius 3 is 2.75 bits per heavy atom. The molecule has 3 nitrogen and oxygen atoms in total. The summed E-state index contributed by atoms with van der Waals surface area (Å²) >= 11 is 6.12. The monoisotopic (exact) mass is 236 g/mol. The average Bonchev–Trinajstić information content (AvgIpc) is 2.69. The zero-order valence-corrected chi connectivity index (χ0v) is 9.72. The minimum Gasteiger partial charge on any atom is -0.395 e. The molecule has 0 radical (unpaired) electrons. The highest BCUT2D eigenvalue weighted by Gasteiger charge is 2.19. The molecule has 0 saturated carbocycles. The van der Waals surface area contributed by atoms with Gasteiger partial charge in [-0.3, -0.25) is 0 Å². The summed E-state index contributed by atoms with van der Waals surface area (Å²) in [6, 6.07) is 7.52. The lowest BCUT2D eigenvalue weighted by Crippen LogP contribution is -2.12. The van der Waals surface area contributed by atoms with Crippen LogP contribution in [-0.2, 0) is 7.05 Å². The summed E-state index contributed by atoms with van der Waals surface area (Å²) in [5.74, 6) is 0.643. The predicted molar refractivity (Wildman–Crippen MR) is 63.6 cm³/mol. The highest BCUT2D eigenvalue weighted by molar-refractivity contribution is 6.31. The average molecular weight is 237 g/mol. The van der Waals surface area contributed by atoms with Crippen LogP contribution in [0.5, 0.6) is 0 Å².